The van der Waals surface area contributed by atoms with Gasteiger partial charge in [0, 0.05) is 25.7 Å². The smallest absolute Gasteiger partial charge is 0.337 e. The van der Waals surface area contributed by atoms with Crippen molar-refractivity contribution in [2.45, 2.75) is 31.7 Å². The fourth-order valence-electron chi connectivity index (χ4n) is 4.97. The number of ether oxygens (including phenoxy) is 1. The molecule has 0 unspecified atom stereocenters. The summed E-state index contributed by atoms with van der Waals surface area (Å²) in [4.78, 5) is 29.1. The Morgan fingerprint density at radius 3 is 2.92 bits per heavy atom. The normalized spacial score (nSPS) is 28.5. The molecule has 134 valence electrons. The van der Waals surface area contributed by atoms with Crippen molar-refractivity contribution >= 4 is 11.9 Å². The molecule has 3 fully saturated rings. The number of hydrogen-bond donors (Lipinski definition) is 0. The maximum absolute atomic E-state index is 12.8. The number of carbonyl (C=O) groups excluding carboxylic acids is 2. The number of amides is 1. The molecular formula is C20H26N2O3. The number of nitrogens with zero attached hydrogens (tertiary/aromatic N) is 2. The number of rotatable bonds is 3. The minimum Gasteiger partial charge on any atom is -0.465 e. The second-order valence-electron chi connectivity index (χ2n) is 7.65. The van der Waals surface area contributed by atoms with Crippen LogP contribution in [0.25, 0.3) is 0 Å². The van der Waals surface area contributed by atoms with Gasteiger partial charge in [-0.1, -0.05) is 18.6 Å². The SMILES string of the molecule is COC(=O)c1cccc(CC(=O)N2C[C@@H]3CN4CCCC[C@H]4[C@@H]3C2)c1. The van der Waals surface area contributed by atoms with E-state index in [-0.39, 0.29) is 11.9 Å². The molecule has 1 aromatic rings. The van der Waals surface area contributed by atoms with E-state index in [1.807, 2.05) is 17.0 Å². The first-order valence-electron chi connectivity index (χ1n) is 9.35. The molecule has 0 aromatic heterocycles. The summed E-state index contributed by atoms with van der Waals surface area (Å²) >= 11 is 0. The first-order valence-corrected chi connectivity index (χ1v) is 9.35. The Kier molecular flexibility index (Phi) is 4.50. The number of carbonyl (C=O) groups is 2. The summed E-state index contributed by atoms with van der Waals surface area (Å²) in [6, 6.07) is 7.90. The van der Waals surface area contributed by atoms with Crippen molar-refractivity contribution in [1.82, 2.24) is 9.80 Å². The Bertz CT molecular complexity index is 675. The molecule has 0 radical (unpaired) electrons. The van der Waals surface area contributed by atoms with Gasteiger partial charge in [0.1, 0.15) is 0 Å². The van der Waals surface area contributed by atoms with Crippen molar-refractivity contribution in [3.63, 3.8) is 0 Å². The highest BCUT2D eigenvalue weighted by Crippen LogP contribution is 2.40. The third-order valence-electron chi connectivity index (χ3n) is 6.18. The number of likely N-dealkylation sites (tertiary alicyclic amines) is 1. The molecule has 1 amide bonds. The van der Waals surface area contributed by atoms with E-state index >= 15 is 0 Å². The van der Waals surface area contributed by atoms with Crippen LogP contribution in [0.5, 0.6) is 0 Å². The predicted molar refractivity (Wildman–Crippen MR) is 94.3 cm³/mol. The molecule has 5 heteroatoms. The van der Waals surface area contributed by atoms with Gasteiger partial charge in [-0.3, -0.25) is 9.69 Å². The topological polar surface area (TPSA) is 49.9 Å². The fourth-order valence-corrected chi connectivity index (χ4v) is 4.97. The monoisotopic (exact) mass is 342 g/mol. The number of methoxy groups -OCH3 is 1. The van der Waals surface area contributed by atoms with E-state index in [1.54, 1.807) is 12.1 Å². The molecule has 1 aromatic carbocycles. The molecule has 4 rings (SSSR count). The number of piperidine rings is 1. The molecule has 0 aliphatic carbocycles. The Hall–Kier alpha value is -1.88. The molecule has 25 heavy (non-hydrogen) atoms. The number of benzene rings is 1. The van der Waals surface area contributed by atoms with Gasteiger partial charge in [0.2, 0.25) is 5.91 Å². The van der Waals surface area contributed by atoms with Crippen LogP contribution >= 0.6 is 0 Å². The maximum Gasteiger partial charge on any atom is 0.337 e. The quantitative estimate of drug-likeness (QED) is 0.788. The zero-order chi connectivity index (χ0) is 17.4. The van der Waals surface area contributed by atoms with E-state index in [2.05, 4.69) is 4.90 Å². The first kappa shape index (κ1) is 16.6. The van der Waals surface area contributed by atoms with Crippen LogP contribution in [0.4, 0.5) is 0 Å². The second kappa shape index (κ2) is 6.79. The molecule has 3 atom stereocenters. The lowest BCUT2D eigenvalue weighted by atomic mass is 9.90. The van der Waals surface area contributed by atoms with Gasteiger partial charge in [0.25, 0.3) is 0 Å². The van der Waals surface area contributed by atoms with Crippen molar-refractivity contribution in [2.24, 2.45) is 11.8 Å². The Labute approximate surface area is 148 Å². The van der Waals surface area contributed by atoms with Crippen LogP contribution in [-0.4, -0.2) is 61.0 Å². The predicted octanol–water partition coefficient (Wildman–Crippen LogP) is 1.96. The van der Waals surface area contributed by atoms with Crippen LogP contribution in [-0.2, 0) is 16.0 Å². The van der Waals surface area contributed by atoms with Gasteiger partial charge in [0.15, 0.2) is 0 Å². The third kappa shape index (κ3) is 3.17. The van der Waals surface area contributed by atoms with Crippen molar-refractivity contribution in [1.29, 1.82) is 0 Å². The average Bonchev–Trinajstić information content (AvgIpc) is 3.19. The van der Waals surface area contributed by atoms with Crippen molar-refractivity contribution in [3.8, 4) is 0 Å². The molecular weight excluding hydrogens is 316 g/mol. The lowest BCUT2D eigenvalue weighted by Crippen LogP contribution is -2.41. The summed E-state index contributed by atoms with van der Waals surface area (Å²) < 4.78 is 4.76. The van der Waals surface area contributed by atoms with E-state index in [4.69, 9.17) is 4.74 Å². The lowest BCUT2D eigenvalue weighted by molar-refractivity contribution is -0.129. The standard InChI is InChI=1S/C20H26N2O3/c1-25-20(24)15-6-4-5-14(9-15)10-19(23)22-12-16-11-21-8-3-2-7-18(21)17(16)13-22/h4-6,9,16-18H,2-3,7-8,10-13H2,1H3/t16-,17+,18-/m0/s1. The molecule has 5 nitrogen and oxygen atoms in total. The summed E-state index contributed by atoms with van der Waals surface area (Å²) in [5.41, 5.74) is 1.38. The van der Waals surface area contributed by atoms with Crippen LogP contribution in [0.3, 0.4) is 0 Å². The molecule has 0 N–H and O–H groups in total. The molecule has 0 spiro atoms. The highest BCUT2D eigenvalue weighted by atomic mass is 16.5. The summed E-state index contributed by atoms with van der Waals surface area (Å²) in [5, 5.41) is 0. The summed E-state index contributed by atoms with van der Waals surface area (Å²) in [5.74, 6) is 1.13. The highest BCUT2D eigenvalue weighted by molar-refractivity contribution is 5.90. The molecule has 0 bridgehead atoms. The summed E-state index contributed by atoms with van der Waals surface area (Å²) in [7, 11) is 1.37. The Balaban J connectivity index is 1.39. The summed E-state index contributed by atoms with van der Waals surface area (Å²) in [6.07, 6.45) is 4.32. The number of fused-ring (bicyclic) bond motifs is 3. The van der Waals surface area contributed by atoms with Gasteiger partial charge in [0.05, 0.1) is 19.1 Å². The zero-order valence-corrected chi connectivity index (χ0v) is 14.8. The van der Waals surface area contributed by atoms with Crippen molar-refractivity contribution in [2.75, 3.05) is 33.3 Å². The van der Waals surface area contributed by atoms with Gasteiger partial charge in [-0.2, -0.15) is 0 Å². The van der Waals surface area contributed by atoms with Gasteiger partial charge in [-0.05, 0) is 48.9 Å². The van der Waals surface area contributed by atoms with Crippen molar-refractivity contribution < 1.29 is 14.3 Å². The van der Waals surface area contributed by atoms with Gasteiger partial charge < -0.3 is 9.64 Å². The van der Waals surface area contributed by atoms with E-state index < -0.39 is 0 Å². The maximum atomic E-state index is 12.8. The zero-order valence-electron chi connectivity index (χ0n) is 14.8. The lowest BCUT2D eigenvalue weighted by Gasteiger charge is -2.33. The van der Waals surface area contributed by atoms with E-state index in [1.165, 1.54) is 32.9 Å². The number of esters is 1. The Morgan fingerprint density at radius 2 is 2.08 bits per heavy atom. The average molecular weight is 342 g/mol. The fraction of sp³-hybridized carbons (Fsp3) is 0.600. The second-order valence-corrected chi connectivity index (χ2v) is 7.65. The van der Waals surface area contributed by atoms with Gasteiger partial charge in [-0.15, -0.1) is 0 Å². The highest BCUT2D eigenvalue weighted by Gasteiger charge is 2.48. The van der Waals surface area contributed by atoms with Crippen LogP contribution in [0.1, 0.15) is 35.2 Å². The van der Waals surface area contributed by atoms with Crippen LogP contribution < -0.4 is 0 Å². The molecule has 3 aliphatic rings. The largest absolute Gasteiger partial charge is 0.465 e. The molecule has 3 saturated heterocycles. The Morgan fingerprint density at radius 1 is 1.20 bits per heavy atom. The van der Waals surface area contributed by atoms with E-state index in [0.29, 0.717) is 29.9 Å². The third-order valence-corrected chi connectivity index (χ3v) is 6.18. The summed E-state index contributed by atoms with van der Waals surface area (Å²) in [6.45, 7) is 4.21. The van der Waals surface area contributed by atoms with Crippen molar-refractivity contribution in [3.05, 3.63) is 35.4 Å². The van der Waals surface area contributed by atoms with Crippen LogP contribution in [0.15, 0.2) is 24.3 Å². The van der Waals surface area contributed by atoms with Crippen LogP contribution in [0, 0.1) is 11.8 Å². The van der Waals surface area contributed by atoms with E-state index in [0.717, 1.165) is 25.2 Å². The van der Waals surface area contributed by atoms with E-state index in [9.17, 15) is 9.59 Å². The number of hydrogen-bond acceptors (Lipinski definition) is 4. The van der Waals surface area contributed by atoms with Gasteiger partial charge in [-0.25, -0.2) is 4.79 Å². The molecule has 3 heterocycles. The molecule has 3 aliphatic heterocycles. The van der Waals surface area contributed by atoms with Crippen LogP contribution in [0.2, 0.25) is 0 Å². The minimum absolute atomic E-state index is 0.179. The first-order chi connectivity index (χ1) is 12.2. The minimum atomic E-state index is -0.359. The van der Waals surface area contributed by atoms with Gasteiger partial charge >= 0.3 is 5.97 Å². The molecule has 0 saturated carbocycles.